The number of aliphatic imine (C=N–C) groups is 1. The van der Waals surface area contributed by atoms with Crippen LogP contribution in [0.15, 0.2) is 65.7 Å². The molecule has 0 spiro atoms. The standard InChI is InChI=1S/C63H91Cl2N15O15/c1-9-31(5)50(78-59(92)45(28-36-15-19-38(83)20-16-36)75-54(87)39-21-22-40(64)33(7)49(39)65)60(93)77-46(29-48(67)85)57(90)76-44(26-30(3)4)58(91)79-51(32(6)10-2)61(94)80-52(34(8)81)62(95)73-42(23-24-47(66)84)56(89)72-41(12-11-25-71-63(69)70)55(88)74-43(53(68)86)27-35-13-17-37(82)18-14-35/h13-22,30-32,34,41-46,50-52,81-83H,9-12,23-29H2,1-8H3,(H2,66,84)(H2,67,85)(H2,68,86)(H,72,89)(H,73,95)(H,74,88)(H,75,87)(H,76,90)(H,77,93)(H,78,92)(H,79,91)(H,80,94)(H4,69,70,71)/t31-,32-,34+,41-,42-,43-,44-,45-,46-,50-,51-,52+/m0/s1. The van der Waals surface area contributed by atoms with E-state index in [0.717, 1.165) is 6.92 Å². The number of phenols is 2. The second kappa shape index (κ2) is 38.8. The van der Waals surface area contributed by atoms with Gasteiger partial charge in [-0.05, 0) is 110 Å². The Morgan fingerprint density at radius 1 is 0.495 bits per heavy atom. The molecular formula is C63H91Cl2N15O15. The molecule has 0 bridgehead atoms. The number of hydrogen-bond acceptors (Lipinski definition) is 16. The smallest absolute Gasteiger partial charge is 0.253 e. The maximum atomic E-state index is 14.5. The van der Waals surface area contributed by atoms with Crippen LogP contribution in [0, 0.1) is 24.7 Å². The van der Waals surface area contributed by atoms with Gasteiger partial charge in [0.05, 0.1) is 23.1 Å². The number of halogens is 2. The molecule has 0 aliphatic rings. The molecule has 0 saturated heterocycles. The maximum Gasteiger partial charge on any atom is 0.253 e. The number of nitrogens with one attached hydrogen (secondary N) is 9. The lowest BCUT2D eigenvalue weighted by Crippen LogP contribution is -2.63. The topological polar surface area (TPSA) is 516 Å². The number of benzene rings is 3. The average molecular weight is 1370 g/mol. The first-order valence-corrected chi connectivity index (χ1v) is 31.7. The highest BCUT2D eigenvalue weighted by atomic mass is 35.5. The predicted molar refractivity (Wildman–Crippen MR) is 353 cm³/mol. The highest BCUT2D eigenvalue weighted by Gasteiger charge is 2.39. The Kier molecular flexibility index (Phi) is 32.6. The molecule has 12 atom stereocenters. The minimum atomic E-state index is -1.88. The Hall–Kier alpha value is -9.29. The van der Waals surface area contributed by atoms with E-state index in [1.165, 1.54) is 60.7 Å². The Morgan fingerprint density at radius 2 is 0.916 bits per heavy atom. The summed E-state index contributed by atoms with van der Waals surface area (Å²) in [6.07, 6.45) is -3.43. The van der Waals surface area contributed by atoms with E-state index < -0.39 is 162 Å². The van der Waals surface area contributed by atoms with Gasteiger partial charge in [0.15, 0.2) is 5.96 Å². The second-order valence-corrected chi connectivity index (χ2v) is 24.5. The molecule has 0 unspecified atom stereocenters. The summed E-state index contributed by atoms with van der Waals surface area (Å²) >= 11 is 12.7. The van der Waals surface area contributed by atoms with Crippen LogP contribution in [-0.2, 0) is 65.6 Å². The van der Waals surface area contributed by atoms with Crippen LogP contribution in [0.1, 0.15) is 127 Å². The number of hydrogen-bond donors (Lipinski definition) is 17. The molecule has 0 saturated carbocycles. The fourth-order valence-corrected chi connectivity index (χ4v) is 10.0. The summed E-state index contributed by atoms with van der Waals surface area (Å²) in [5.74, 6) is -13.8. The van der Waals surface area contributed by atoms with Gasteiger partial charge in [0.2, 0.25) is 65.0 Å². The molecule has 30 nitrogen and oxygen atoms in total. The lowest BCUT2D eigenvalue weighted by molar-refractivity contribution is -0.138. The van der Waals surface area contributed by atoms with Crippen molar-refractivity contribution in [2.75, 3.05) is 6.54 Å². The van der Waals surface area contributed by atoms with Gasteiger partial charge in [0, 0.05) is 30.8 Å². The fraction of sp³-hybridized carbons (Fsp3) is 0.508. The molecule has 22 N–H and O–H groups in total. The molecule has 0 aliphatic heterocycles. The average Bonchev–Trinajstić information content (AvgIpc) is 0.949. The van der Waals surface area contributed by atoms with Crippen LogP contribution in [0.3, 0.4) is 0 Å². The van der Waals surface area contributed by atoms with Gasteiger partial charge in [0.1, 0.15) is 65.9 Å². The van der Waals surface area contributed by atoms with E-state index in [9.17, 15) is 72.9 Å². The van der Waals surface area contributed by atoms with Gasteiger partial charge < -0.3 is 91.8 Å². The van der Waals surface area contributed by atoms with Crippen molar-refractivity contribution >= 4 is 100 Å². The van der Waals surface area contributed by atoms with Gasteiger partial charge in [-0.2, -0.15) is 0 Å². The molecule has 3 aromatic rings. The minimum Gasteiger partial charge on any atom is -0.508 e. The van der Waals surface area contributed by atoms with Crippen LogP contribution in [-0.4, -0.2) is 159 Å². The molecule has 0 radical (unpaired) electrons. The Labute approximate surface area is 560 Å². The Morgan fingerprint density at radius 3 is 1.39 bits per heavy atom. The van der Waals surface area contributed by atoms with Gasteiger partial charge in [-0.3, -0.25) is 62.5 Å². The van der Waals surface area contributed by atoms with Crippen molar-refractivity contribution in [1.82, 2.24) is 47.9 Å². The molecule has 95 heavy (non-hydrogen) atoms. The maximum absolute atomic E-state index is 14.5. The lowest BCUT2D eigenvalue weighted by atomic mass is 9.95. The summed E-state index contributed by atoms with van der Waals surface area (Å²) in [6, 6.07) is 0.436. The van der Waals surface area contributed by atoms with Gasteiger partial charge in [-0.15, -0.1) is 0 Å². The third-order valence-corrected chi connectivity index (χ3v) is 16.4. The summed E-state index contributed by atoms with van der Waals surface area (Å²) in [5, 5.41) is 53.8. The first kappa shape index (κ1) is 79.9. The third-order valence-electron chi connectivity index (χ3n) is 15.5. The van der Waals surface area contributed by atoms with Crippen molar-refractivity contribution in [3.8, 4) is 11.5 Å². The number of amides is 12. The van der Waals surface area contributed by atoms with Crippen LogP contribution in [0.2, 0.25) is 10.0 Å². The number of aliphatic hydroxyl groups excluding tert-OH is 1. The number of nitrogens with zero attached hydrogens (tertiary/aromatic N) is 1. The fourth-order valence-electron chi connectivity index (χ4n) is 9.58. The predicted octanol–water partition coefficient (Wildman–Crippen LogP) is -0.626. The van der Waals surface area contributed by atoms with Crippen molar-refractivity contribution in [3.05, 3.63) is 93.0 Å². The van der Waals surface area contributed by atoms with E-state index in [1.807, 2.05) is 0 Å². The first-order chi connectivity index (χ1) is 44.6. The molecule has 32 heteroatoms. The van der Waals surface area contributed by atoms with Crippen molar-refractivity contribution in [2.45, 2.75) is 180 Å². The van der Waals surface area contributed by atoms with Crippen molar-refractivity contribution in [3.63, 3.8) is 0 Å². The minimum absolute atomic E-state index is 0.00720. The Bertz CT molecular complexity index is 3220. The number of carbonyl (C=O) groups is 12. The molecule has 522 valence electrons. The van der Waals surface area contributed by atoms with Crippen molar-refractivity contribution in [1.29, 1.82) is 0 Å². The third kappa shape index (κ3) is 26.6. The van der Waals surface area contributed by atoms with Gasteiger partial charge in [0.25, 0.3) is 5.91 Å². The molecule has 0 fully saturated rings. The van der Waals surface area contributed by atoms with E-state index in [0.29, 0.717) is 16.7 Å². The van der Waals surface area contributed by atoms with E-state index in [4.69, 9.17) is 51.9 Å². The van der Waals surface area contributed by atoms with Gasteiger partial charge in [-0.1, -0.05) is 102 Å². The molecule has 0 aromatic heterocycles. The van der Waals surface area contributed by atoms with Crippen LogP contribution in [0.5, 0.6) is 11.5 Å². The number of guanidine groups is 1. The van der Waals surface area contributed by atoms with Crippen molar-refractivity contribution in [2.24, 2.45) is 51.4 Å². The normalized spacial score (nSPS) is 14.9. The second-order valence-electron chi connectivity index (χ2n) is 23.7. The number of carbonyl (C=O) groups excluding carboxylic acids is 12. The van der Waals surface area contributed by atoms with E-state index in [-0.39, 0.29) is 90.5 Å². The number of phenolic OH excluding ortho intramolecular Hbond substituents is 2. The highest BCUT2D eigenvalue weighted by molar-refractivity contribution is 6.38. The quantitative estimate of drug-likeness (QED) is 0.0192. The van der Waals surface area contributed by atoms with Gasteiger partial charge in [-0.25, -0.2) is 0 Å². The summed E-state index contributed by atoms with van der Waals surface area (Å²) in [4.78, 5) is 169. The summed E-state index contributed by atoms with van der Waals surface area (Å²) in [5.41, 5.74) is 29.0. The number of aromatic hydroxyl groups is 2. The van der Waals surface area contributed by atoms with Crippen LogP contribution in [0.25, 0.3) is 0 Å². The zero-order valence-corrected chi connectivity index (χ0v) is 55.9. The van der Waals surface area contributed by atoms with E-state index >= 15 is 0 Å². The summed E-state index contributed by atoms with van der Waals surface area (Å²) in [6.45, 7) is 12.7. The monoisotopic (exact) mass is 1370 g/mol. The molecule has 0 aliphatic carbocycles. The van der Waals surface area contributed by atoms with Crippen LogP contribution >= 0.6 is 23.2 Å². The number of aliphatic hydroxyl groups is 1. The molecule has 3 rings (SSSR count). The van der Waals surface area contributed by atoms with E-state index in [2.05, 4.69) is 52.8 Å². The number of primary amides is 3. The molecular weight excluding hydrogens is 1280 g/mol. The molecule has 12 amide bonds. The van der Waals surface area contributed by atoms with Crippen LogP contribution in [0.4, 0.5) is 0 Å². The van der Waals surface area contributed by atoms with Crippen LogP contribution < -0.4 is 76.5 Å². The number of nitrogens with two attached hydrogens (primary N) is 5. The van der Waals surface area contributed by atoms with Gasteiger partial charge >= 0.3 is 0 Å². The lowest BCUT2D eigenvalue weighted by Gasteiger charge is -2.31. The summed E-state index contributed by atoms with van der Waals surface area (Å²) in [7, 11) is 0. The number of rotatable bonds is 39. The zero-order valence-electron chi connectivity index (χ0n) is 54.4. The van der Waals surface area contributed by atoms with Crippen molar-refractivity contribution < 1.29 is 72.9 Å². The molecule has 3 aromatic carbocycles. The SMILES string of the molecule is CC[C@H](C)[C@H](NC(=O)[C@H](Cc1ccc(O)cc1)NC(=O)c1ccc(Cl)c(C)c1Cl)C(=O)N[C@@H](CC(N)=O)C(=O)N[C@@H](CC(C)C)C(=O)N[C@H](C(=O)N[C@@H](C(=O)N[C@@H](CCC(N)=O)C(=O)N[C@@H](CCCN=C(N)N)C(=O)N[C@@H](Cc1ccc(O)cc1)C(N)=O)[C@@H](C)O)[C@@H](C)CC. The highest BCUT2D eigenvalue weighted by Crippen LogP contribution is 2.28. The largest absolute Gasteiger partial charge is 0.508 e. The molecule has 0 heterocycles. The Balaban J connectivity index is 1.91. The van der Waals surface area contributed by atoms with E-state index in [1.54, 1.807) is 48.5 Å². The first-order valence-electron chi connectivity index (χ1n) is 30.9. The summed E-state index contributed by atoms with van der Waals surface area (Å²) < 4.78 is 0. The zero-order chi connectivity index (χ0) is 71.6.